The van der Waals surface area contributed by atoms with Gasteiger partial charge < -0.3 is 5.32 Å². The van der Waals surface area contributed by atoms with Crippen molar-refractivity contribution in [2.24, 2.45) is 0 Å². The van der Waals surface area contributed by atoms with E-state index in [9.17, 15) is 9.59 Å². The molecule has 4 rings (SSSR count). The number of amides is 1. The third-order valence-electron chi connectivity index (χ3n) is 4.59. The molecule has 5 heteroatoms. The summed E-state index contributed by atoms with van der Waals surface area (Å²) in [5, 5.41) is 2.92. The lowest BCUT2D eigenvalue weighted by molar-refractivity contribution is 0.0951. The van der Waals surface area contributed by atoms with Crippen molar-refractivity contribution >= 4 is 16.9 Å². The summed E-state index contributed by atoms with van der Waals surface area (Å²) in [6, 6.07) is 24.4. The molecular formula is C23H19N3O2. The molecule has 0 atom stereocenters. The molecule has 0 bridgehead atoms. The second-order valence-electron chi connectivity index (χ2n) is 6.55. The van der Waals surface area contributed by atoms with Gasteiger partial charge in [-0.15, -0.1) is 0 Å². The SMILES string of the molecule is Cc1nc2cc(C(=O)NCc3ccccc3)ccc2n(-c2ccccc2)c1=O. The number of para-hydroxylation sites is 1. The highest BCUT2D eigenvalue weighted by Crippen LogP contribution is 2.17. The highest BCUT2D eigenvalue weighted by atomic mass is 16.1. The third-order valence-corrected chi connectivity index (χ3v) is 4.59. The lowest BCUT2D eigenvalue weighted by atomic mass is 10.1. The van der Waals surface area contributed by atoms with E-state index in [0.717, 1.165) is 11.3 Å². The molecule has 0 spiro atoms. The van der Waals surface area contributed by atoms with E-state index >= 15 is 0 Å². The Balaban J connectivity index is 1.71. The molecule has 3 aromatic carbocycles. The maximum absolute atomic E-state index is 12.7. The fourth-order valence-electron chi connectivity index (χ4n) is 3.16. The number of hydrogen-bond acceptors (Lipinski definition) is 3. The van der Waals surface area contributed by atoms with Crippen molar-refractivity contribution in [3.63, 3.8) is 0 Å². The minimum atomic E-state index is -0.178. The number of nitrogens with zero attached hydrogens (tertiary/aromatic N) is 2. The van der Waals surface area contributed by atoms with Gasteiger partial charge in [0.25, 0.3) is 11.5 Å². The van der Waals surface area contributed by atoms with Crippen LogP contribution in [0.4, 0.5) is 0 Å². The zero-order chi connectivity index (χ0) is 19.5. The molecule has 0 radical (unpaired) electrons. The lowest BCUT2D eigenvalue weighted by Crippen LogP contribution is -2.24. The molecular weight excluding hydrogens is 350 g/mol. The molecule has 28 heavy (non-hydrogen) atoms. The maximum Gasteiger partial charge on any atom is 0.277 e. The minimum absolute atomic E-state index is 0.167. The summed E-state index contributed by atoms with van der Waals surface area (Å²) in [6.45, 7) is 2.14. The van der Waals surface area contributed by atoms with Gasteiger partial charge in [0.2, 0.25) is 0 Å². The summed E-state index contributed by atoms with van der Waals surface area (Å²) in [5.41, 5.74) is 3.80. The number of nitrogens with one attached hydrogen (secondary N) is 1. The van der Waals surface area contributed by atoms with Crippen molar-refractivity contribution < 1.29 is 4.79 Å². The normalized spacial score (nSPS) is 10.8. The Morgan fingerprint density at radius 3 is 2.36 bits per heavy atom. The molecule has 0 aliphatic rings. The first-order valence-corrected chi connectivity index (χ1v) is 9.04. The molecule has 1 N–H and O–H groups in total. The van der Waals surface area contributed by atoms with Gasteiger partial charge in [0.15, 0.2) is 0 Å². The van der Waals surface area contributed by atoms with Crippen LogP contribution in [-0.4, -0.2) is 15.5 Å². The number of benzene rings is 3. The van der Waals surface area contributed by atoms with Crippen LogP contribution in [0.15, 0.2) is 83.7 Å². The van der Waals surface area contributed by atoms with E-state index in [-0.39, 0.29) is 11.5 Å². The van der Waals surface area contributed by atoms with Crippen LogP contribution in [0.25, 0.3) is 16.7 Å². The van der Waals surface area contributed by atoms with Gasteiger partial charge in [0.05, 0.1) is 11.0 Å². The Morgan fingerprint density at radius 1 is 0.964 bits per heavy atom. The van der Waals surface area contributed by atoms with Gasteiger partial charge in [-0.05, 0) is 42.8 Å². The first kappa shape index (κ1) is 17.7. The van der Waals surface area contributed by atoms with Crippen LogP contribution in [-0.2, 0) is 6.54 Å². The average molecular weight is 369 g/mol. The van der Waals surface area contributed by atoms with Gasteiger partial charge in [0, 0.05) is 17.8 Å². The van der Waals surface area contributed by atoms with E-state index in [1.54, 1.807) is 29.7 Å². The number of aromatic nitrogens is 2. The highest BCUT2D eigenvalue weighted by Gasteiger charge is 2.13. The molecule has 0 aliphatic heterocycles. The number of hydrogen-bond donors (Lipinski definition) is 1. The van der Waals surface area contributed by atoms with Crippen molar-refractivity contribution in [1.29, 1.82) is 0 Å². The van der Waals surface area contributed by atoms with E-state index in [4.69, 9.17) is 0 Å². The van der Waals surface area contributed by atoms with Gasteiger partial charge in [0.1, 0.15) is 5.69 Å². The molecule has 1 aromatic heterocycles. The predicted molar refractivity (Wildman–Crippen MR) is 110 cm³/mol. The smallest absolute Gasteiger partial charge is 0.277 e. The average Bonchev–Trinajstić information content (AvgIpc) is 2.74. The first-order chi connectivity index (χ1) is 13.6. The van der Waals surface area contributed by atoms with Crippen LogP contribution in [0.5, 0.6) is 0 Å². The van der Waals surface area contributed by atoms with Crippen LogP contribution in [0.2, 0.25) is 0 Å². The largest absolute Gasteiger partial charge is 0.348 e. The molecule has 0 unspecified atom stereocenters. The summed E-state index contributed by atoms with van der Waals surface area (Å²) in [6.07, 6.45) is 0. The van der Waals surface area contributed by atoms with E-state index in [0.29, 0.717) is 28.8 Å². The van der Waals surface area contributed by atoms with Gasteiger partial charge >= 0.3 is 0 Å². The van der Waals surface area contributed by atoms with E-state index < -0.39 is 0 Å². The molecule has 138 valence electrons. The first-order valence-electron chi connectivity index (χ1n) is 9.04. The Labute approximate surface area is 162 Å². The lowest BCUT2D eigenvalue weighted by Gasteiger charge is -2.12. The fraction of sp³-hybridized carbons (Fsp3) is 0.0870. The number of carbonyl (C=O) groups is 1. The van der Waals surface area contributed by atoms with Crippen molar-refractivity contribution in [3.8, 4) is 5.69 Å². The molecule has 0 fully saturated rings. The van der Waals surface area contributed by atoms with Crippen LogP contribution in [0.3, 0.4) is 0 Å². The van der Waals surface area contributed by atoms with Crippen LogP contribution >= 0.6 is 0 Å². The third kappa shape index (κ3) is 3.42. The predicted octanol–water partition coefficient (Wildman–Crippen LogP) is 3.62. The van der Waals surface area contributed by atoms with Crippen LogP contribution in [0, 0.1) is 6.92 Å². The highest BCUT2D eigenvalue weighted by molar-refractivity contribution is 5.97. The van der Waals surface area contributed by atoms with Crippen molar-refractivity contribution in [3.05, 3.63) is 106 Å². The summed E-state index contributed by atoms with van der Waals surface area (Å²) < 4.78 is 1.63. The van der Waals surface area contributed by atoms with Gasteiger partial charge in [-0.3, -0.25) is 14.2 Å². The Bertz CT molecular complexity index is 1200. The van der Waals surface area contributed by atoms with Crippen molar-refractivity contribution in [1.82, 2.24) is 14.9 Å². The molecule has 5 nitrogen and oxygen atoms in total. The van der Waals surface area contributed by atoms with Crippen LogP contribution in [0.1, 0.15) is 21.6 Å². The van der Waals surface area contributed by atoms with Gasteiger partial charge in [-0.1, -0.05) is 48.5 Å². The number of fused-ring (bicyclic) bond motifs is 1. The topological polar surface area (TPSA) is 64.0 Å². The quantitative estimate of drug-likeness (QED) is 0.597. The number of carbonyl (C=O) groups excluding carboxylic acids is 1. The Hall–Kier alpha value is -3.73. The van der Waals surface area contributed by atoms with E-state index in [1.807, 2.05) is 60.7 Å². The number of rotatable bonds is 4. The van der Waals surface area contributed by atoms with Crippen LogP contribution < -0.4 is 10.9 Å². The summed E-state index contributed by atoms with van der Waals surface area (Å²) >= 11 is 0. The molecule has 1 amide bonds. The minimum Gasteiger partial charge on any atom is -0.348 e. The van der Waals surface area contributed by atoms with Crippen molar-refractivity contribution in [2.75, 3.05) is 0 Å². The van der Waals surface area contributed by atoms with E-state index in [1.165, 1.54) is 0 Å². The molecule has 4 aromatic rings. The second-order valence-corrected chi connectivity index (χ2v) is 6.55. The maximum atomic E-state index is 12.7. The standard InChI is InChI=1S/C23H19N3O2/c1-16-23(28)26(19-10-6-3-7-11-19)21-13-12-18(14-20(21)25-16)22(27)24-15-17-8-4-2-5-9-17/h2-14H,15H2,1H3,(H,24,27). The van der Waals surface area contributed by atoms with Gasteiger partial charge in [-0.2, -0.15) is 0 Å². The summed E-state index contributed by atoms with van der Waals surface area (Å²) in [5.74, 6) is -0.178. The molecule has 0 saturated carbocycles. The second kappa shape index (κ2) is 7.48. The van der Waals surface area contributed by atoms with Crippen molar-refractivity contribution in [2.45, 2.75) is 13.5 Å². The Morgan fingerprint density at radius 2 is 1.64 bits per heavy atom. The molecule has 0 aliphatic carbocycles. The molecule has 1 heterocycles. The monoisotopic (exact) mass is 369 g/mol. The molecule has 0 saturated heterocycles. The van der Waals surface area contributed by atoms with Gasteiger partial charge in [-0.25, -0.2) is 4.98 Å². The number of aryl methyl sites for hydroxylation is 1. The summed E-state index contributed by atoms with van der Waals surface area (Å²) in [4.78, 5) is 29.7. The fourth-order valence-corrected chi connectivity index (χ4v) is 3.16. The zero-order valence-electron chi connectivity index (χ0n) is 15.4. The zero-order valence-corrected chi connectivity index (χ0v) is 15.4. The van der Waals surface area contributed by atoms with E-state index in [2.05, 4.69) is 10.3 Å². The summed E-state index contributed by atoms with van der Waals surface area (Å²) in [7, 11) is 0. The Kier molecular flexibility index (Phi) is 4.72.